The lowest BCUT2D eigenvalue weighted by atomic mass is 9.95. The lowest BCUT2D eigenvalue weighted by molar-refractivity contribution is -0.138. The molecule has 192 valence electrons. The maximum atomic E-state index is 13.9. The molecule has 1 amide bonds. The lowest BCUT2D eigenvalue weighted by Crippen LogP contribution is -2.18. The molecule has 7 nitrogen and oxygen atoms in total. The maximum absolute atomic E-state index is 13.9. The van der Waals surface area contributed by atoms with Crippen molar-refractivity contribution < 1.29 is 35.5 Å². The molecule has 2 aromatic heterocycles. The number of nitrogens with one attached hydrogen (secondary N) is 1. The zero-order valence-electron chi connectivity index (χ0n) is 18.0. The Bertz CT molecular complexity index is 1490. The number of halogens is 8. The summed E-state index contributed by atoms with van der Waals surface area (Å²) in [6, 6.07) is 4.50. The Morgan fingerprint density at radius 2 is 1.57 bits per heavy atom. The van der Waals surface area contributed by atoms with Gasteiger partial charge in [0.25, 0.3) is 5.91 Å². The van der Waals surface area contributed by atoms with Crippen LogP contribution in [-0.4, -0.2) is 25.9 Å². The highest BCUT2D eigenvalue weighted by Gasteiger charge is 2.37. The molecular formula is C22H12ClF7N6O. The number of benzene rings is 2. The van der Waals surface area contributed by atoms with E-state index in [1.807, 2.05) is 0 Å². The molecule has 4 rings (SSSR count). The van der Waals surface area contributed by atoms with Gasteiger partial charge >= 0.3 is 12.4 Å². The smallest absolute Gasteiger partial charge is 0.398 e. The van der Waals surface area contributed by atoms with E-state index in [-0.39, 0.29) is 11.3 Å². The van der Waals surface area contributed by atoms with Crippen LogP contribution in [-0.2, 0) is 12.4 Å². The van der Waals surface area contributed by atoms with Crippen molar-refractivity contribution in [1.29, 1.82) is 0 Å². The number of carbonyl (C=O) groups excluding carboxylic acids is 1. The van der Waals surface area contributed by atoms with Gasteiger partial charge in [0.1, 0.15) is 11.4 Å². The van der Waals surface area contributed by atoms with Crippen molar-refractivity contribution in [2.75, 3.05) is 11.1 Å². The van der Waals surface area contributed by atoms with Gasteiger partial charge in [-0.3, -0.25) is 4.79 Å². The van der Waals surface area contributed by atoms with Gasteiger partial charge in [0.2, 0.25) is 0 Å². The average Bonchev–Trinajstić information content (AvgIpc) is 3.32. The molecule has 0 aliphatic rings. The Balaban J connectivity index is 1.75. The molecule has 2 aromatic carbocycles. The van der Waals surface area contributed by atoms with Crippen LogP contribution >= 0.6 is 11.6 Å². The highest BCUT2D eigenvalue weighted by atomic mass is 35.5. The Morgan fingerprint density at radius 3 is 2.16 bits per heavy atom. The fraction of sp³-hybridized carbons (Fsp3) is 0.0909. The van der Waals surface area contributed by atoms with Gasteiger partial charge in [0.05, 0.1) is 40.4 Å². The predicted molar refractivity (Wildman–Crippen MR) is 118 cm³/mol. The average molecular weight is 545 g/mol. The minimum Gasteiger partial charge on any atom is -0.398 e. The highest BCUT2D eigenvalue weighted by molar-refractivity contribution is 6.34. The topological polar surface area (TPSA) is 98.7 Å². The second-order valence-corrected chi connectivity index (χ2v) is 7.88. The molecule has 15 heteroatoms. The SMILES string of the molecule is Nc1cc(F)ccc1-c1cc(Cl)c(C(=O)Nc2cnc(-n3nccn3)c(C(F)(F)F)c2)cc1C(F)(F)F. The van der Waals surface area contributed by atoms with Gasteiger partial charge in [0.15, 0.2) is 5.82 Å². The third-order valence-corrected chi connectivity index (χ3v) is 5.31. The summed E-state index contributed by atoms with van der Waals surface area (Å²) in [4.78, 5) is 17.0. The zero-order valence-corrected chi connectivity index (χ0v) is 18.8. The van der Waals surface area contributed by atoms with E-state index >= 15 is 0 Å². The number of aromatic nitrogens is 4. The Morgan fingerprint density at radius 1 is 0.919 bits per heavy atom. The first-order valence-corrected chi connectivity index (χ1v) is 10.3. The summed E-state index contributed by atoms with van der Waals surface area (Å²) in [5.41, 5.74) is 0.839. The fourth-order valence-corrected chi connectivity index (χ4v) is 3.65. The van der Waals surface area contributed by atoms with Crippen LogP contribution in [0.5, 0.6) is 0 Å². The first-order chi connectivity index (χ1) is 17.3. The number of hydrogen-bond acceptors (Lipinski definition) is 5. The molecule has 0 fully saturated rings. The number of rotatable bonds is 4. The molecule has 4 aromatic rings. The molecule has 0 saturated carbocycles. The molecular weight excluding hydrogens is 533 g/mol. The van der Waals surface area contributed by atoms with Crippen molar-refractivity contribution in [2.45, 2.75) is 12.4 Å². The monoisotopic (exact) mass is 544 g/mol. The van der Waals surface area contributed by atoms with E-state index in [1.165, 1.54) is 0 Å². The van der Waals surface area contributed by atoms with Gasteiger partial charge in [0, 0.05) is 11.3 Å². The first-order valence-electron chi connectivity index (χ1n) is 9.97. The van der Waals surface area contributed by atoms with E-state index in [1.54, 1.807) is 0 Å². The van der Waals surface area contributed by atoms with Crippen molar-refractivity contribution in [2.24, 2.45) is 0 Å². The number of hydrogen-bond donors (Lipinski definition) is 2. The summed E-state index contributed by atoms with van der Waals surface area (Å²) >= 11 is 6.08. The number of nitrogen functional groups attached to an aromatic ring is 1. The largest absolute Gasteiger partial charge is 0.420 e. The number of alkyl halides is 6. The maximum Gasteiger partial charge on any atom is 0.420 e. The van der Waals surface area contributed by atoms with Gasteiger partial charge in [-0.25, -0.2) is 9.37 Å². The van der Waals surface area contributed by atoms with Crippen molar-refractivity contribution in [3.05, 3.63) is 82.5 Å². The number of carbonyl (C=O) groups is 1. The van der Waals surface area contributed by atoms with E-state index < -0.39 is 62.9 Å². The molecule has 37 heavy (non-hydrogen) atoms. The van der Waals surface area contributed by atoms with Crippen LogP contribution in [0.3, 0.4) is 0 Å². The van der Waals surface area contributed by atoms with Gasteiger partial charge in [-0.2, -0.15) is 36.5 Å². The van der Waals surface area contributed by atoms with Crippen molar-refractivity contribution in [1.82, 2.24) is 20.0 Å². The highest BCUT2D eigenvalue weighted by Crippen LogP contribution is 2.42. The summed E-state index contributed by atoms with van der Waals surface area (Å²) in [7, 11) is 0. The van der Waals surface area contributed by atoms with Crippen LogP contribution in [0.25, 0.3) is 16.9 Å². The molecule has 0 bridgehead atoms. The third kappa shape index (κ3) is 5.33. The minimum atomic E-state index is -5.00. The zero-order chi connectivity index (χ0) is 27.1. The van der Waals surface area contributed by atoms with Gasteiger partial charge in [-0.15, -0.1) is 4.80 Å². The molecule has 0 aliphatic heterocycles. The number of nitrogens with two attached hydrogens (primary N) is 1. The van der Waals surface area contributed by atoms with Gasteiger partial charge < -0.3 is 11.1 Å². The molecule has 0 saturated heterocycles. The number of anilines is 2. The minimum absolute atomic E-state index is 0.190. The standard InChI is InChI=1S/C22H12ClF7N6O/c23-17-8-13(12-2-1-10(24)5-18(12)31)15(21(25,26)27)7-14(17)20(37)35-11-6-16(22(28,29)30)19(32-9-11)36-33-3-4-34-36/h1-9H,31H2,(H,35,37). The van der Waals surface area contributed by atoms with E-state index in [2.05, 4.69) is 20.5 Å². The molecule has 0 aliphatic carbocycles. The Hall–Kier alpha value is -4.20. The third-order valence-electron chi connectivity index (χ3n) is 5.00. The summed E-state index contributed by atoms with van der Waals surface area (Å²) in [6.45, 7) is 0. The summed E-state index contributed by atoms with van der Waals surface area (Å²) < 4.78 is 95.8. The van der Waals surface area contributed by atoms with Gasteiger partial charge in [-0.05, 0) is 42.0 Å². The quantitative estimate of drug-likeness (QED) is 0.243. The second kappa shape index (κ2) is 9.35. The summed E-state index contributed by atoms with van der Waals surface area (Å²) in [5, 5.41) is 8.77. The predicted octanol–water partition coefficient (Wildman–Crippen LogP) is 5.99. The molecule has 0 atom stereocenters. The van der Waals surface area contributed by atoms with Crippen molar-refractivity contribution in [3.63, 3.8) is 0 Å². The molecule has 0 radical (unpaired) electrons. The molecule has 2 heterocycles. The van der Waals surface area contributed by atoms with E-state index in [0.717, 1.165) is 42.9 Å². The normalized spacial score (nSPS) is 12.0. The van der Waals surface area contributed by atoms with Crippen molar-refractivity contribution >= 4 is 28.9 Å². The van der Waals surface area contributed by atoms with Gasteiger partial charge in [-0.1, -0.05) is 11.6 Å². The molecule has 0 unspecified atom stereocenters. The van der Waals surface area contributed by atoms with Crippen LogP contribution in [0.2, 0.25) is 5.02 Å². The Labute approximate surface area is 207 Å². The fourth-order valence-electron chi connectivity index (χ4n) is 3.40. The van der Waals surface area contributed by atoms with Crippen LogP contribution in [0.1, 0.15) is 21.5 Å². The Kier molecular flexibility index (Phi) is 6.54. The first kappa shape index (κ1) is 25.9. The summed E-state index contributed by atoms with van der Waals surface area (Å²) in [5.74, 6) is -2.71. The van der Waals surface area contributed by atoms with Crippen molar-refractivity contribution in [3.8, 4) is 16.9 Å². The lowest BCUT2D eigenvalue weighted by Gasteiger charge is -2.18. The number of nitrogens with zero attached hydrogens (tertiary/aromatic N) is 4. The number of amides is 1. The van der Waals surface area contributed by atoms with E-state index in [0.29, 0.717) is 16.9 Å². The number of pyridine rings is 1. The second-order valence-electron chi connectivity index (χ2n) is 7.47. The molecule has 0 spiro atoms. The van der Waals surface area contributed by atoms with Crippen LogP contribution in [0.15, 0.2) is 55.0 Å². The van der Waals surface area contributed by atoms with Crippen LogP contribution in [0, 0.1) is 5.82 Å². The van der Waals surface area contributed by atoms with E-state index in [9.17, 15) is 35.5 Å². The summed E-state index contributed by atoms with van der Waals surface area (Å²) in [6.07, 6.45) is -6.84. The van der Waals surface area contributed by atoms with Crippen LogP contribution in [0.4, 0.5) is 42.1 Å². The van der Waals surface area contributed by atoms with Crippen LogP contribution < -0.4 is 11.1 Å². The molecule has 3 N–H and O–H groups in total. The van der Waals surface area contributed by atoms with E-state index in [4.69, 9.17) is 17.3 Å².